The molecule has 1 heterocycles. The molecule has 0 unspecified atom stereocenters. The first-order chi connectivity index (χ1) is 9.63. The second-order valence-electron chi connectivity index (χ2n) is 4.87. The van der Waals surface area contributed by atoms with Crippen LogP contribution in [0.3, 0.4) is 0 Å². The number of phenols is 1. The second-order valence-corrected chi connectivity index (χ2v) is 4.87. The highest BCUT2D eigenvalue weighted by molar-refractivity contribution is 6.33. The zero-order chi connectivity index (χ0) is 14.1. The minimum absolute atomic E-state index is 0.229. The van der Waals surface area contributed by atoms with E-state index in [4.69, 9.17) is 0 Å². The largest absolute Gasteiger partial charge is 0.508 e. The average Bonchev–Trinajstić information content (AvgIpc) is 2.43. The highest BCUT2D eigenvalue weighted by atomic mass is 16.3. The number of fused-ring (bicyclic) bond motifs is 1. The van der Waals surface area contributed by atoms with Crippen LogP contribution in [0, 0.1) is 6.92 Å². The summed E-state index contributed by atoms with van der Waals surface area (Å²) in [4.78, 5) is 8.57. The fraction of sp³-hybridized carbons (Fsp3) is 0.0667. The van der Waals surface area contributed by atoms with E-state index >= 15 is 0 Å². The molecule has 0 saturated carbocycles. The van der Waals surface area contributed by atoms with E-state index in [0.717, 1.165) is 33.4 Å². The number of benzene rings is 2. The smallest absolute Gasteiger partial charge is 0.141 e. The molecule has 0 atom stereocenters. The number of nitrogens with one attached hydrogen (secondary N) is 1. The Balaban J connectivity index is 2.10. The number of anilines is 2. The van der Waals surface area contributed by atoms with Crippen LogP contribution in [-0.2, 0) is 0 Å². The van der Waals surface area contributed by atoms with Crippen molar-refractivity contribution < 1.29 is 5.11 Å². The van der Waals surface area contributed by atoms with E-state index < -0.39 is 0 Å². The topological polar surface area (TPSA) is 58.0 Å². The molecular weight excluding hydrogens is 249 g/mol. The molecule has 3 aromatic rings. The number of rotatable bonds is 2. The van der Waals surface area contributed by atoms with Crippen LogP contribution < -0.4 is 10.8 Å². The van der Waals surface area contributed by atoms with Crippen LogP contribution >= 0.6 is 0 Å². The molecule has 5 heteroatoms. The van der Waals surface area contributed by atoms with E-state index in [1.807, 2.05) is 33.0 Å². The summed E-state index contributed by atoms with van der Waals surface area (Å²) >= 11 is 0. The van der Waals surface area contributed by atoms with Crippen molar-refractivity contribution in [3.05, 3.63) is 48.3 Å². The number of hydrogen-bond acceptors (Lipinski definition) is 4. The van der Waals surface area contributed by atoms with Gasteiger partial charge >= 0.3 is 0 Å². The number of aromatic hydroxyl groups is 1. The normalized spacial score (nSPS) is 10.7. The number of phenolic OH excluding ortho intramolecular Hbond substituents is 1. The third-order valence-electron chi connectivity index (χ3n) is 3.27. The molecular formula is C15H14BN3O. The van der Waals surface area contributed by atoms with Gasteiger partial charge in [-0.1, -0.05) is 23.7 Å². The molecule has 2 aromatic carbocycles. The highest BCUT2D eigenvalue weighted by Crippen LogP contribution is 2.26. The molecule has 4 nitrogen and oxygen atoms in total. The predicted molar refractivity (Wildman–Crippen MR) is 83.8 cm³/mol. The van der Waals surface area contributed by atoms with Crippen molar-refractivity contribution in [3.8, 4) is 5.75 Å². The molecule has 0 aliphatic rings. The zero-order valence-electron chi connectivity index (χ0n) is 11.4. The van der Waals surface area contributed by atoms with Gasteiger partial charge in [0.1, 0.15) is 25.7 Å². The molecule has 1 aromatic heterocycles. The van der Waals surface area contributed by atoms with Gasteiger partial charge in [-0.15, -0.1) is 0 Å². The zero-order valence-corrected chi connectivity index (χ0v) is 11.4. The summed E-state index contributed by atoms with van der Waals surface area (Å²) in [6, 6.07) is 11.3. The number of hydrogen-bond donors (Lipinski definition) is 2. The van der Waals surface area contributed by atoms with Gasteiger partial charge in [-0.3, -0.25) is 0 Å². The quantitative estimate of drug-likeness (QED) is 0.690. The van der Waals surface area contributed by atoms with E-state index in [0.29, 0.717) is 0 Å². The van der Waals surface area contributed by atoms with Crippen molar-refractivity contribution in [2.75, 3.05) is 5.32 Å². The van der Waals surface area contributed by atoms with E-state index in [-0.39, 0.29) is 5.75 Å². The minimum Gasteiger partial charge on any atom is -0.508 e. The van der Waals surface area contributed by atoms with Gasteiger partial charge in [0.2, 0.25) is 0 Å². The molecule has 98 valence electrons. The van der Waals surface area contributed by atoms with Crippen LogP contribution in [-0.4, -0.2) is 22.9 Å². The third kappa shape index (κ3) is 2.30. The lowest BCUT2D eigenvalue weighted by Crippen LogP contribution is -2.03. The van der Waals surface area contributed by atoms with Crippen LogP contribution in [0.2, 0.25) is 0 Å². The van der Waals surface area contributed by atoms with Gasteiger partial charge in [0.25, 0.3) is 0 Å². The Hall–Kier alpha value is -2.56. The lowest BCUT2D eigenvalue weighted by Gasteiger charge is -2.11. The highest BCUT2D eigenvalue weighted by Gasteiger charge is 2.06. The lowest BCUT2D eigenvalue weighted by atomic mass is 9.95. The van der Waals surface area contributed by atoms with Gasteiger partial charge in [0.15, 0.2) is 0 Å². The van der Waals surface area contributed by atoms with Crippen LogP contribution in [0.4, 0.5) is 11.5 Å². The van der Waals surface area contributed by atoms with Crippen LogP contribution in [0.1, 0.15) is 5.56 Å². The predicted octanol–water partition coefficient (Wildman–Crippen LogP) is 1.65. The van der Waals surface area contributed by atoms with Gasteiger partial charge in [0.05, 0.1) is 5.52 Å². The molecule has 0 aliphatic carbocycles. The molecule has 0 bridgehead atoms. The summed E-state index contributed by atoms with van der Waals surface area (Å²) in [5, 5.41) is 13.8. The maximum absolute atomic E-state index is 9.60. The Labute approximate surface area is 117 Å². The summed E-state index contributed by atoms with van der Waals surface area (Å²) in [6.07, 6.45) is 1.54. The van der Waals surface area contributed by atoms with E-state index in [9.17, 15) is 5.11 Å². The van der Waals surface area contributed by atoms with E-state index in [1.54, 1.807) is 12.1 Å². The number of nitrogens with zero attached hydrogens (tertiary/aromatic N) is 2. The summed E-state index contributed by atoms with van der Waals surface area (Å²) < 4.78 is 0. The fourth-order valence-electron chi connectivity index (χ4n) is 2.14. The molecule has 0 radical (unpaired) electrons. The summed E-state index contributed by atoms with van der Waals surface area (Å²) in [5.41, 5.74) is 3.93. The van der Waals surface area contributed by atoms with Gasteiger partial charge in [-0.25, -0.2) is 9.97 Å². The monoisotopic (exact) mass is 263 g/mol. The third-order valence-corrected chi connectivity index (χ3v) is 3.27. The van der Waals surface area contributed by atoms with Crippen molar-refractivity contribution in [1.82, 2.24) is 9.97 Å². The molecule has 0 amide bonds. The minimum atomic E-state index is 0.229. The van der Waals surface area contributed by atoms with Gasteiger partial charge in [0, 0.05) is 17.1 Å². The molecule has 20 heavy (non-hydrogen) atoms. The van der Waals surface area contributed by atoms with Gasteiger partial charge < -0.3 is 10.4 Å². The molecule has 2 N–H and O–H groups in total. The van der Waals surface area contributed by atoms with Crippen molar-refractivity contribution in [1.29, 1.82) is 0 Å². The van der Waals surface area contributed by atoms with Crippen molar-refractivity contribution >= 4 is 35.7 Å². The summed E-state index contributed by atoms with van der Waals surface area (Å²) in [6.45, 7) is 1.98. The molecule has 0 fully saturated rings. The Kier molecular flexibility index (Phi) is 3.02. The SMILES string of the molecule is Bc1ccc2ncnc(Nc3cc(O)ccc3C)c2c1. The molecule has 0 spiro atoms. The Morgan fingerprint density at radius 3 is 2.80 bits per heavy atom. The number of aryl methyl sites for hydroxylation is 1. The first-order valence-electron chi connectivity index (χ1n) is 6.41. The molecule has 3 rings (SSSR count). The van der Waals surface area contributed by atoms with Crippen molar-refractivity contribution in [2.45, 2.75) is 6.92 Å². The maximum atomic E-state index is 9.60. The number of aromatic nitrogens is 2. The van der Waals surface area contributed by atoms with Crippen LogP contribution in [0.25, 0.3) is 10.9 Å². The van der Waals surface area contributed by atoms with Crippen LogP contribution in [0.15, 0.2) is 42.7 Å². The van der Waals surface area contributed by atoms with E-state index in [2.05, 4.69) is 21.4 Å². The van der Waals surface area contributed by atoms with Gasteiger partial charge in [-0.2, -0.15) is 0 Å². The first kappa shape index (κ1) is 12.5. The van der Waals surface area contributed by atoms with Gasteiger partial charge in [-0.05, 0) is 24.6 Å². The average molecular weight is 263 g/mol. The van der Waals surface area contributed by atoms with Crippen molar-refractivity contribution in [2.24, 2.45) is 0 Å². The second kappa shape index (κ2) is 4.85. The molecule has 0 saturated heterocycles. The Bertz CT molecular complexity index is 789. The molecule has 0 aliphatic heterocycles. The first-order valence-corrected chi connectivity index (χ1v) is 6.41. The Morgan fingerprint density at radius 1 is 1.10 bits per heavy atom. The summed E-state index contributed by atoms with van der Waals surface area (Å²) in [7, 11) is 2.04. The van der Waals surface area contributed by atoms with Crippen LogP contribution in [0.5, 0.6) is 5.75 Å². The van der Waals surface area contributed by atoms with Crippen molar-refractivity contribution in [3.63, 3.8) is 0 Å². The summed E-state index contributed by atoms with van der Waals surface area (Å²) in [5.74, 6) is 0.972. The standard InChI is InChI=1S/C15H14BN3O/c1-9-2-4-11(20)7-14(9)19-15-12-6-10(16)3-5-13(12)17-8-18-15/h2-8,20H,16H2,1H3,(H,17,18,19). The lowest BCUT2D eigenvalue weighted by molar-refractivity contribution is 0.475. The fourth-order valence-corrected chi connectivity index (χ4v) is 2.14. The maximum Gasteiger partial charge on any atom is 0.141 e. The van der Waals surface area contributed by atoms with E-state index in [1.165, 1.54) is 6.33 Å². The Morgan fingerprint density at radius 2 is 1.95 bits per heavy atom.